The minimum atomic E-state index is -0.416. The molecule has 0 radical (unpaired) electrons. The highest BCUT2D eigenvalue weighted by molar-refractivity contribution is 8.00. The normalized spacial score (nSPS) is 11.9. The Morgan fingerprint density at radius 1 is 1.13 bits per heavy atom. The lowest BCUT2D eigenvalue weighted by Crippen LogP contribution is -2.23. The largest absolute Gasteiger partial charge is 0.468 e. The average molecular weight is 453 g/mol. The third kappa shape index (κ3) is 4.81. The molecule has 0 aliphatic rings. The Morgan fingerprint density at radius 3 is 2.71 bits per heavy atom. The van der Waals surface area contributed by atoms with E-state index in [1.54, 1.807) is 30.4 Å². The van der Waals surface area contributed by atoms with Crippen molar-refractivity contribution in [1.29, 1.82) is 0 Å². The first-order valence-electron chi connectivity index (χ1n) is 9.61. The van der Waals surface area contributed by atoms with E-state index in [4.69, 9.17) is 9.15 Å². The van der Waals surface area contributed by atoms with Gasteiger partial charge in [0.1, 0.15) is 11.0 Å². The van der Waals surface area contributed by atoms with Crippen LogP contribution in [0, 0.1) is 0 Å². The summed E-state index contributed by atoms with van der Waals surface area (Å²) in [6.07, 6.45) is 0. The molecule has 0 saturated carbocycles. The maximum atomic E-state index is 12.8. The topological polar surface area (TPSA) is 81.4 Å². The number of amides is 1. The Kier molecular flexibility index (Phi) is 6.39. The van der Waals surface area contributed by atoms with Gasteiger partial charge in [0.2, 0.25) is 0 Å². The number of carbonyl (C=O) groups excluding carboxylic acids is 2. The highest BCUT2D eigenvalue weighted by Crippen LogP contribution is 2.31. The third-order valence-corrected chi connectivity index (χ3v) is 6.76. The van der Waals surface area contributed by atoms with Gasteiger partial charge >= 0.3 is 5.97 Å². The van der Waals surface area contributed by atoms with Crippen LogP contribution in [0.15, 0.2) is 70.0 Å². The molecule has 0 spiro atoms. The Balaban J connectivity index is 1.43. The highest BCUT2D eigenvalue weighted by atomic mass is 32.2. The Hall–Kier alpha value is -3.10. The van der Waals surface area contributed by atoms with E-state index in [1.807, 2.05) is 48.5 Å². The number of thioether (sulfide) groups is 1. The molecule has 1 amide bonds. The number of benzene rings is 2. The molecule has 1 atom stereocenters. The number of fused-ring (bicyclic) bond motifs is 1. The van der Waals surface area contributed by atoms with Crippen molar-refractivity contribution < 1.29 is 18.7 Å². The predicted molar refractivity (Wildman–Crippen MR) is 122 cm³/mol. The lowest BCUT2D eigenvalue weighted by atomic mass is 10.2. The maximum absolute atomic E-state index is 12.8. The zero-order valence-electron chi connectivity index (χ0n) is 17.0. The molecular formula is C23H20N2O4S2. The number of hydrogen-bond donors (Lipinski definition) is 1. The number of aromatic nitrogens is 1. The number of methoxy groups -OCH3 is 1. The van der Waals surface area contributed by atoms with Crippen LogP contribution < -0.4 is 5.32 Å². The molecule has 0 aliphatic heterocycles. The summed E-state index contributed by atoms with van der Waals surface area (Å²) in [6.45, 7) is 1.99. The summed E-state index contributed by atoms with van der Waals surface area (Å²) in [5, 5.41) is 3.27. The van der Waals surface area contributed by atoms with Gasteiger partial charge in [0.25, 0.3) is 5.91 Å². The van der Waals surface area contributed by atoms with Gasteiger partial charge in [-0.2, -0.15) is 0 Å². The second-order valence-electron chi connectivity index (χ2n) is 6.71. The van der Waals surface area contributed by atoms with Gasteiger partial charge in [0.15, 0.2) is 10.8 Å². The third-order valence-electron chi connectivity index (χ3n) is 4.56. The summed E-state index contributed by atoms with van der Waals surface area (Å²) in [7, 11) is 1.35. The van der Waals surface area contributed by atoms with E-state index in [1.165, 1.54) is 18.9 Å². The number of nitrogens with one attached hydrogen (secondary N) is 1. The molecule has 2 aromatic carbocycles. The molecule has 4 rings (SSSR count). The molecule has 2 heterocycles. The zero-order chi connectivity index (χ0) is 21.8. The van der Waals surface area contributed by atoms with Gasteiger partial charge in [-0.15, -0.1) is 23.1 Å². The van der Waals surface area contributed by atoms with Crippen LogP contribution in [0.3, 0.4) is 0 Å². The van der Waals surface area contributed by atoms with Crippen molar-refractivity contribution in [3.05, 3.63) is 72.0 Å². The molecule has 6 nitrogen and oxygen atoms in total. The number of ether oxygens (including phenoxy) is 1. The quantitative estimate of drug-likeness (QED) is 0.309. The summed E-state index contributed by atoms with van der Waals surface area (Å²) in [5.41, 5.74) is 1.44. The van der Waals surface area contributed by atoms with Crippen molar-refractivity contribution in [3.8, 4) is 10.8 Å². The molecular weight excluding hydrogens is 432 g/mol. The minimum Gasteiger partial charge on any atom is -0.468 e. The molecule has 8 heteroatoms. The summed E-state index contributed by atoms with van der Waals surface area (Å²) >= 11 is 2.85. The SMILES string of the molecule is COC(=O)C(C)Sc1ccccc1C(=O)NCc1ccc(-c2nc3ccccc3s2)o1. The number of hydrogen-bond acceptors (Lipinski definition) is 7. The van der Waals surface area contributed by atoms with E-state index >= 15 is 0 Å². The summed E-state index contributed by atoms with van der Waals surface area (Å²) in [6, 6.07) is 18.8. The van der Waals surface area contributed by atoms with Crippen molar-refractivity contribution in [2.75, 3.05) is 7.11 Å². The van der Waals surface area contributed by atoms with Gasteiger partial charge in [-0.3, -0.25) is 9.59 Å². The highest BCUT2D eigenvalue weighted by Gasteiger charge is 2.19. The van der Waals surface area contributed by atoms with E-state index in [0.717, 1.165) is 15.2 Å². The zero-order valence-corrected chi connectivity index (χ0v) is 18.6. The molecule has 4 aromatic rings. The van der Waals surface area contributed by atoms with Crippen LogP contribution in [0.25, 0.3) is 21.0 Å². The molecule has 1 unspecified atom stereocenters. The van der Waals surface area contributed by atoms with Crippen LogP contribution in [0.5, 0.6) is 0 Å². The van der Waals surface area contributed by atoms with E-state index in [9.17, 15) is 9.59 Å². The first-order valence-corrected chi connectivity index (χ1v) is 11.3. The van der Waals surface area contributed by atoms with Crippen LogP contribution in [0.2, 0.25) is 0 Å². The fourth-order valence-electron chi connectivity index (χ4n) is 2.99. The molecule has 0 fully saturated rings. The number of furan rings is 1. The molecule has 0 saturated heterocycles. The van der Waals surface area contributed by atoms with Crippen molar-refractivity contribution in [2.24, 2.45) is 0 Å². The second kappa shape index (κ2) is 9.36. The fraction of sp³-hybridized carbons (Fsp3) is 0.174. The summed E-state index contributed by atoms with van der Waals surface area (Å²) in [5.74, 6) is 0.736. The predicted octanol–water partition coefficient (Wildman–Crippen LogP) is 5.14. The molecule has 2 aromatic heterocycles. The summed E-state index contributed by atoms with van der Waals surface area (Å²) in [4.78, 5) is 29.8. The monoisotopic (exact) mass is 452 g/mol. The molecule has 158 valence electrons. The van der Waals surface area contributed by atoms with E-state index < -0.39 is 5.25 Å². The lowest BCUT2D eigenvalue weighted by molar-refractivity contribution is -0.139. The van der Waals surface area contributed by atoms with Crippen molar-refractivity contribution in [2.45, 2.75) is 23.6 Å². The molecule has 31 heavy (non-hydrogen) atoms. The van der Waals surface area contributed by atoms with Gasteiger partial charge in [-0.25, -0.2) is 4.98 Å². The Bertz CT molecular complexity index is 1200. The van der Waals surface area contributed by atoms with Crippen LogP contribution in [-0.2, 0) is 16.1 Å². The Labute approximate surface area is 187 Å². The van der Waals surface area contributed by atoms with Gasteiger partial charge in [-0.05, 0) is 43.3 Å². The standard InChI is InChI=1S/C23H20N2O4S2/c1-14(23(27)28-2)30-19-9-5-3-7-16(19)21(26)24-13-15-11-12-18(29-15)22-25-17-8-4-6-10-20(17)31-22/h3-12,14H,13H2,1-2H3,(H,24,26). The van der Waals surface area contributed by atoms with Crippen LogP contribution >= 0.6 is 23.1 Å². The number of thiazole rings is 1. The number of carbonyl (C=O) groups is 2. The summed E-state index contributed by atoms with van der Waals surface area (Å²) < 4.78 is 11.8. The molecule has 0 aliphatic carbocycles. The van der Waals surface area contributed by atoms with E-state index in [0.29, 0.717) is 22.0 Å². The number of rotatable bonds is 7. The smallest absolute Gasteiger partial charge is 0.318 e. The van der Waals surface area contributed by atoms with Crippen molar-refractivity contribution >= 4 is 45.2 Å². The lowest BCUT2D eigenvalue weighted by Gasteiger charge is -2.12. The second-order valence-corrected chi connectivity index (χ2v) is 9.13. The van der Waals surface area contributed by atoms with Crippen LogP contribution in [-0.4, -0.2) is 29.2 Å². The number of esters is 1. The number of para-hydroxylation sites is 1. The average Bonchev–Trinajstić information content (AvgIpc) is 3.44. The Morgan fingerprint density at radius 2 is 1.90 bits per heavy atom. The fourth-order valence-corrected chi connectivity index (χ4v) is 4.94. The van der Waals surface area contributed by atoms with Crippen LogP contribution in [0.1, 0.15) is 23.0 Å². The van der Waals surface area contributed by atoms with Gasteiger partial charge in [0.05, 0.1) is 29.4 Å². The first kappa shape index (κ1) is 21.1. The van der Waals surface area contributed by atoms with Gasteiger partial charge < -0.3 is 14.5 Å². The van der Waals surface area contributed by atoms with E-state index in [-0.39, 0.29) is 18.4 Å². The minimum absolute atomic E-state index is 0.238. The molecule has 1 N–H and O–H groups in total. The van der Waals surface area contributed by atoms with Gasteiger partial charge in [-0.1, -0.05) is 24.3 Å². The van der Waals surface area contributed by atoms with Crippen molar-refractivity contribution in [1.82, 2.24) is 10.3 Å². The number of nitrogens with zero attached hydrogens (tertiary/aromatic N) is 1. The van der Waals surface area contributed by atoms with E-state index in [2.05, 4.69) is 10.3 Å². The maximum Gasteiger partial charge on any atom is 0.318 e. The van der Waals surface area contributed by atoms with Crippen molar-refractivity contribution in [3.63, 3.8) is 0 Å². The first-order chi connectivity index (χ1) is 15.0. The van der Waals surface area contributed by atoms with Crippen LogP contribution in [0.4, 0.5) is 0 Å². The van der Waals surface area contributed by atoms with Gasteiger partial charge in [0, 0.05) is 4.90 Å². The molecule has 0 bridgehead atoms.